The van der Waals surface area contributed by atoms with E-state index in [9.17, 15) is 20.4 Å². The van der Waals surface area contributed by atoms with Gasteiger partial charge in [-0.05, 0) is 59.9 Å². The Morgan fingerprint density at radius 2 is 1.85 bits per heavy atom. The van der Waals surface area contributed by atoms with Gasteiger partial charge in [0.05, 0.1) is 28.2 Å². The summed E-state index contributed by atoms with van der Waals surface area (Å²) in [6, 6.07) is 16.2. The molecule has 1 aliphatic heterocycles. The van der Waals surface area contributed by atoms with E-state index in [2.05, 4.69) is 22.3 Å². The van der Waals surface area contributed by atoms with Crippen LogP contribution >= 0.6 is 0 Å². The van der Waals surface area contributed by atoms with Gasteiger partial charge in [0.25, 0.3) is 0 Å². The number of nitrogens with two attached hydrogens (primary N) is 1. The Labute approximate surface area is 190 Å². The third kappa shape index (κ3) is 3.20. The van der Waals surface area contributed by atoms with Gasteiger partial charge in [0.2, 0.25) is 11.8 Å². The summed E-state index contributed by atoms with van der Waals surface area (Å²) in [5, 5.41) is 36.3. The molecule has 33 heavy (non-hydrogen) atoms. The van der Waals surface area contributed by atoms with Crippen molar-refractivity contribution >= 4 is 5.97 Å². The number of carboxylic acid groups (broad SMARTS) is 1. The van der Waals surface area contributed by atoms with Crippen molar-refractivity contribution in [3.8, 4) is 29.1 Å². The molecule has 1 aliphatic rings. The normalized spacial score (nSPS) is 17.2. The fourth-order valence-corrected chi connectivity index (χ4v) is 4.65. The van der Waals surface area contributed by atoms with Crippen LogP contribution in [0.15, 0.2) is 53.9 Å². The third-order valence-electron chi connectivity index (χ3n) is 6.12. The van der Waals surface area contributed by atoms with Gasteiger partial charge >= 0.3 is 5.97 Å². The number of H-pyrrole nitrogens is 1. The fraction of sp³-hybridized carbons (Fsp3) is 0.200. The Bertz CT molecular complexity index is 1390. The lowest BCUT2D eigenvalue weighted by Gasteiger charge is -2.41. The number of fused-ring (bicyclic) bond motifs is 1. The summed E-state index contributed by atoms with van der Waals surface area (Å²) in [6.45, 7) is 5.81. The van der Waals surface area contributed by atoms with Gasteiger partial charge in [-0.1, -0.05) is 26.0 Å². The largest absolute Gasteiger partial charge is 0.478 e. The van der Waals surface area contributed by atoms with E-state index in [0.717, 1.165) is 11.3 Å². The van der Waals surface area contributed by atoms with E-state index >= 15 is 0 Å². The van der Waals surface area contributed by atoms with Crippen molar-refractivity contribution in [1.82, 2.24) is 10.2 Å². The standard InChI is InChI=1S/C25H21N5O3/c1-13(2)25(20(12-27)22(28)33-23-21(25)14(3)29-30-23)19-9-15(11-26)8-18(10-19)16-4-6-17(7-5-16)24(31)32/h4-10,13H,28H2,1-3H3,(H,29,30)(H,31,32). The molecule has 0 saturated carbocycles. The van der Waals surface area contributed by atoms with E-state index < -0.39 is 11.4 Å². The predicted octanol–water partition coefficient (Wildman–Crippen LogP) is 3.98. The van der Waals surface area contributed by atoms with E-state index in [0.29, 0.717) is 28.1 Å². The monoisotopic (exact) mass is 439 g/mol. The number of hydrogen-bond acceptors (Lipinski definition) is 6. The first-order valence-electron chi connectivity index (χ1n) is 10.3. The van der Waals surface area contributed by atoms with Crippen molar-refractivity contribution < 1.29 is 14.6 Å². The molecule has 2 heterocycles. The highest BCUT2D eigenvalue weighted by Gasteiger charge is 2.50. The number of carboxylic acids is 1. The Morgan fingerprint density at radius 1 is 1.15 bits per heavy atom. The maximum atomic E-state index is 11.2. The zero-order valence-corrected chi connectivity index (χ0v) is 18.3. The van der Waals surface area contributed by atoms with Crippen LogP contribution in [0.1, 0.15) is 46.6 Å². The Balaban J connectivity index is 2.05. The number of hydrogen-bond donors (Lipinski definition) is 3. The van der Waals surface area contributed by atoms with Crippen LogP contribution in [0.5, 0.6) is 5.88 Å². The van der Waals surface area contributed by atoms with Crippen molar-refractivity contribution in [2.75, 3.05) is 0 Å². The number of aromatic amines is 1. The van der Waals surface area contributed by atoms with Gasteiger partial charge in [-0.2, -0.15) is 10.5 Å². The van der Waals surface area contributed by atoms with E-state index in [-0.39, 0.29) is 22.9 Å². The van der Waals surface area contributed by atoms with Gasteiger partial charge in [0, 0.05) is 5.69 Å². The highest BCUT2D eigenvalue weighted by atomic mass is 16.5. The van der Waals surface area contributed by atoms with E-state index in [1.807, 2.05) is 26.8 Å². The van der Waals surface area contributed by atoms with Crippen molar-refractivity contribution in [2.45, 2.75) is 26.2 Å². The van der Waals surface area contributed by atoms with Gasteiger partial charge in [0.15, 0.2) is 0 Å². The van der Waals surface area contributed by atoms with Crippen LogP contribution < -0.4 is 10.5 Å². The lowest BCUT2D eigenvalue weighted by atomic mass is 9.61. The second-order valence-corrected chi connectivity index (χ2v) is 8.24. The number of aryl methyl sites for hydroxylation is 1. The molecular weight excluding hydrogens is 418 g/mol. The Hall–Kier alpha value is -4.56. The first-order valence-corrected chi connectivity index (χ1v) is 10.3. The van der Waals surface area contributed by atoms with Crippen molar-refractivity contribution in [3.05, 3.63) is 81.9 Å². The first-order chi connectivity index (χ1) is 15.7. The third-order valence-corrected chi connectivity index (χ3v) is 6.12. The summed E-state index contributed by atoms with van der Waals surface area (Å²) in [5.41, 5.74) is 9.57. The van der Waals surface area contributed by atoms with Crippen LogP contribution in [-0.4, -0.2) is 21.3 Å². The van der Waals surface area contributed by atoms with Crippen LogP contribution in [0.3, 0.4) is 0 Å². The first kappa shape index (κ1) is 21.7. The molecule has 1 atom stereocenters. The molecule has 0 spiro atoms. The molecule has 4 rings (SSSR count). The molecule has 0 aliphatic carbocycles. The molecule has 3 aromatic rings. The minimum atomic E-state index is -1.02. The molecule has 4 N–H and O–H groups in total. The quantitative estimate of drug-likeness (QED) is 0.556. The molecule has 0 radical (unpaired) electrons. The predicted molar refractivity (Wildman–Crippen MR) is 120 cm³/mol. The molecule has 8 heteroatoms. The van der Waals surface area contributed by atoms with Gasteiger partial charge in [-0.3, -0.25) is 5.10 Å². The summed E-state index contributed by atoms with van der Waals surface area (Å²) < 4.78 is 5.66. The second kappa shape index (κ2) is 7.85. The summed E-state index contributed by atoms with van der Waals surface area (Å²) in [7, 11) is 0. The SMILES string of the molecule is Cc1[nH]nc2c1C(c1cc(C#N)cc(-c3ccc(C(=O)O)cc3)c1)(C(C)C)C(C#N)=C(N)O2. The maximum absolute atomic E-state index is 11.2. The summed E-state index contributed by atoms with van der Waals surface area (Å²) in [4.78, 5) is 11.2. The Kier molecular flexibility index (Phi) is 5.15. The van der Waals surface area contributed by atoms with Gasteiger partial charge in [0.1, 0.15) is 11.6 Å². The number of aromatic nitrogens is 2. The fourth-order valence-electron chi connectivity index (χ4n) is 4.65. The molecule has 0 amide bonds. The smallest absolute Gasteiger partial charge is 0.335 e. The molecule has 0 saturated heterocycles. The number of carbonyl (C=O) groups is 1. The summed E-state index contributed by atoms with van der Waals surface area (Å²) >= 11 is 0. The molecule has 1 unspecified atom stereocenters. The van der Waals surface area contributed by atoms with E-state index in [1.165, 1.54) is 12.1 Å². The van der Waals surface area contributed by atoms with Crippen LogP contribution in [0.2, 0.25) is 0 Å². The van der Waals surface area contributed by atoms with Crippen molar-refractivity contribution in [3.63, 3.8) is 0 Å². The number of benzene rings is 2. The van der Waals surface area contributed by atoms with Crippen LogP contribution in [0.4, 0.5) is 0 Å². The highest BCUT2D eigenvalue weighted by molar-refractivity contribution is 5.88. The number of allylic oxidation sites excluding steroid dienone is 1. The van der Waals surface area contributed by atoms with Crippen LogP contribution in [0, 0.1) is 35.5 Å². The van der Waals surface area contributed by atoms with Crippen molar-refractivity contribution in [1.29, 1.82) is 10.5 Å². The average Bonchev–Trinajstić information content (AvgIpc) is 3.17. The number of nitrogens with zero attached hydrogens (tertiary/aromatic N) is 3. The molecule has 0 fully saturated rings. The zero-order chi connectivity index (χ0) is 23.9. The molecule has 0 bridgehead atoms. The van der Waals surface area contributed by atoms with Gasteiger partial charge in [-0.15, -0.1) is 5.10 Å². The second-order valence-electron chi connectivity index (χ2n) is 8.24. The summed E-state index contributed by atoms with van der Waals surface area (Å²) in [5.74, 6) is -0.899. The van der Waals surface area contributed by atoms with Crippen LogP contribution in [0.25, 0.3) is 11.1 Å². The molecule has 164 valence electrons. The minimum absolute atomic E-state index is 0.0279. The number of rotatable bonds is 4. The van der Waals surface area contributed by atoms with Gasteiger partial charge in [-0.25, -0.2) is 4.79 Å². The number of nitrogens with one attached hydrogen (secondary N) is 1. The Morgan fingerprint density at radius 3 is 2.42 bits per heavy atom. The summed E-state index contributed by atoms with van der Waals surface area (Å²) in [6.07, 6.45) is 0. The number of aromatic carboxylic acids is 1. The molecule has 8 nitrogen and oxygen atoms in total. The van der Waals surface area contributed by atoms with E-state index in [1.54, 1.807) is 24.3 Å². The molecule has 1 aromatic heterocycles. The topological polar surface area (TPSA) is 149 Å². The zero-order valence-electron chi connectivity index (χ0n) is 18.3. The van der Waals surface area contributed by atoms with Crippen LogP contribution in [-0.2, 0) is 5.41 Å². The highest BCUT2D eigenvalue weighted by Crippen LogP contribution is 2.53. The number of nitriles is 2. The number of ether oxygens (including phenoxy) is 1. The molecular formula is C25H21N5O3. The maximum Gasteiger partial charge on any atom is 0.335 e. The van der Waals surface area contributed by atoms with Gasteiger partial charge < -0.3 is 15.6 Å². The minimum Gasteiger partial charge on any atom is -0.478 e. The molecule has 2 aromatic carbocycles. The average molecular weight is 439 g/mol. The van der Waals surface area contributed by atoms with E-state index in [4.69, 9.17) is 10.5 Å². The lowest BCUT2D eigenvalue weighted by Crippen LogP contribution is -2.41. The lowest BCUT2D eigenvalue weighted by molar-refractivity contribution is 0.0697. The van der Waals surface area contributed by atoms with Crippen molar-refractivity contribution in [2.24, 2.45) is 11.7 Å².